The monoisotopic (exact) mass is 176 g/mol. The molecule has 1 aliphatic heterocycles. The molecule has 1 nitrogen and oxygen atoms in total. The van der Waals surface area contributed by atoms with Gasteiger partial charge in [0, 0.05) is 12.5 Å². The second-order valence-electron chi connectivity index (χ2n) is 3.27. The summed E-state index contributed by atoms with van der Waals surface area (Å²) in [5, 5.41) is 0. The van der Waals surface area contributed by atoms with Crippen LogP contribution >= 0.6 is 11.6 Å². The van der Waals surface area contributed by atoms with Gasteiger partial charge in [-0.05, 0) is 12.8 Å². The minimum Gasteiger partial charge on any atom is -0.362 e. The third-order valence-electron chi connectivity index (χ3n) is 2.31. The van der Waals surface area contributed by atoms with Crippen molar-refractivity contribution in [2.75, 3.05) is 6.61 Å². The number of rotatable bonds is 4. The van der Waals surface area contributed by atoms with Crippen LogP contribution in [0.3, 0.4) is 0 Å². The molecule has 0 spiro atoms. The molecule has 0 N–H and O–H groups in total. The average molecular weight is 177 g/mol. The van der Waals surface area contributed by atoms with Crippen molar-refractivity contribution in [3.63, 3.8) is 0 Å². The van der Waals surface area contributed by atoms with Gasteiger partial charge < -0.3 is 4.74 Å². The molecule has 0 aromatic rings. The Bertz CT molecular complexity index is 106. The van der Waals surface area contributed by atoms with Gasteiger partial charge >= 0.3 is 0 Å². The van der Waals surface area contributed by atoms with Crippen LogP contribution < -0.4 is 0 Å². The Labute approximate surface area is 74.1 Å². The molecule has 2 atom stereocenters. The Morgan fingerprint density at radius 2 is 2.27 bits per heavy atom. The van der Waals surface area contributed by atoms with Crippen molar-refractivity contribution in [3.05, 3.63) is 0 Å². The van der Waals surface area contributed by atoms with Gasteiger partial charge in [-0.3, -0.25) is 0 Å². The van der Waals surface area contributed by atoms with Crippen LogP contribution in [0.1, 0.15) is 39.0 Å². The minimum atomic E-state index is 0.00635. The van der Waals surface area contributed by atoms with Gasteiger partial charge in [0.25, 0.3) is 0 Å². The van der Waals surface area contributed by atoms with Crippen molar-refractivity contribution in [1.82, 2.24) is 0 Å². The lowest BCUT2D eigenvalue weighted by atomic mass is 10.0. The van der Waals surface area contributed by atoms with Crippen molar-refractivity contribution in [1.29, 1.82) is 0 Å². The van der Waals surface area contributed by atoms with Crippen molar-refractivity contribution in [2.45, 2.75) is 44.6 Å². The molecule has 0 bridgehead atoms. The first-order chi connectivity index (χ1) is 5.34. The quantitative estimate of drug-likeness (QED) is 0.472. The van der Waals surface area contributed by atoms with E-state index >= 15 is 0 Å². The third-order valence-corrected chi connectivity index (χ3v) is 2.80. The summed E-state index contributed by atoms with van der Waals surface area (Å²) in [5.74, 6) is 0.628. The molecule has 1 aliphatic rings. The van der Waals surface area contributed by atoms with E-state index < -0.39 is 0 Å². The molecule has 0 aromatic heterocycles. The Morgan fingerprint density at radius 3 is 2.82 bits per heavy atom. The highest BCUT2D eigenvalue weighted by atomic mass is 35.5. The summed E-state index contributed by atoms with van der Waals surface area (Å²) < 4.78 is 5.26. The molecule has 0 radical (unpaired) electrons. The summed E-state index contributed by atoms with van der Waals surface area (Å²) in [6.45, 7) is 3.09. The largest absolute Gasteiger partial charge is 0.362 e. The van der Waals surface area contributed by atoms with Crippen LogP contribution in [-0.2, 0) is 4.74 Å². The fourth-order valence-electron chi connectivity index (χ4n) is 1.53. The van der Waals surface area contributed by atoms with Crippen molar-refractivity contribution < 1.29 is 4.74 Å². The predicted octanol–water partition coefficient (Wildman–Crippen LogP) is 3.17. The number of unbranched alkanes of at least 4 members (excludes halogenated alkanes) is 2. The van der Waals surface area contributed by atoms with Crippen LogP contribution in [0.4, 0.5) is 0 Å². The number of hydrogen-bond acceptors (Lipinski definition) is 1. The van der Waals surface area contributed by atoms with Crippen LogP contribution in [0.25, 0.3) is 0 Å². The molecule has 11 heavy (non-hydrogen) atoms. The number of alkyl halides is 1. The maximum absolute atomic E-state index is 5.93. The normalized spacial score (nSPS) is 31.1. The smallest absolute Gasteiger partial charge is 0.134 e. The van der Waals surface area contributed by atoms with Gasteiger partial charge in [0.05, 0.1) is 0 Å². The summed E-state index contributed by atoms with van der Waals surface area (Å²) in [7, 11) is 0. The SMILES string of the molecule is CCCCCC1CCOC1Cl. The van der Waals surface area contributed by atoms with E-state index in [0.717, 1.165) is 13.0 Å². The van der Waals surface area contributed by atoms with Gasteiger partial charge in [0.2, 0.25) is 0 Å². The summed E-state index contributed by atoms with van der Waals surface area (Å²) in [6.07, 6.45) is 6.36. The van der Waals surface area contributed by atoms with Crippen LogP contribution in [0.15, 0.2) is 0 Å². The second-order valence-corrected chi connectivity index (χ2v) is 3.70. The van der Waals surface area contributed by atoms with Crippen LogP contribution in [-0.4, -0.2) is 12.2 Å². The van der Waals surface area contributed by atoms with Crippen LogP contribution in [0.5, 0.6) is 0 Å². The Hall–Kier alpha value is 0.250. The van der Waals surface area contributed by atoms with E-state index in [1.807, 2.05) is 0 Å². The molecule has 1 saturated heterocycles. The van der Waals surface area contributed by atoms with Crippen molar-refractivity contribution in [3.8, 4) is 0 Å². The van der Waals surface area contributed by atoms with Gasteiger partial charge in [-0.25, -0.2) is 0 Å². The molecule has 66 valence electrons. The van der Waals surface area contributed by atoms with Gasteiger partial charge in [0.1, 0.15) is 5.56 Å². The van der Waals surface area contributed by atoms with Gasteiger partial charge in [-0.2, -0.15) is 0 Å². The van der Waals surface area contributed by atoms with E-state index in [9.17, 15) is 0 Å². The number of hydrogen-bond donors (Lipinski definition) is 0. The van der Waals surface area contributed by atoms with Gasteiger partial charge in [0.15, 0.2) is 0 Å². The van der Waals surface area contributed by atoms with Crippen molar-refractivity contribution >= 4 is 11.6 Å². The number of halogens is 1. The standard InChI is InChI=1S/C9H17ClO/c1-2-3-4-5-8-6-7-11-9(8)10/h8-9H,2-7H2,1H3. The zero-order valence-electron chi connectivity index (χ0n) is 7.18. The predicted molar refractivity (Wildman–Crippen MR) is 47.8 cm³/mol. The van der Waals surface area contributed by atoms with E-state index in [1.54, 1.807) is 0 Å². The summed E-state index contributed by atoms with van der Waals surface area (Å²) in [4.78, 5) is 0. The maximum atomic E-state index is 5.93. The second kappa shape index (κ2) is 5.00. The first kappa shape index (κ1) is 9.34. The van der Waals surface area contributed by atoms with E-state index in [4.69, 9.17) is 16.3 Å². The summed E-state index contributed by atoms with van der Waals surface area (Å²) >= 11 is 5.93. The van der Waals surface area contributed by atoms with E-state index in [2.05, 4.69) is 6.92 Å². The fraction of sp³-hybridized carbons (Fsp3) is 1.00. The first-order valence-electron chi connectivity index (χ1n) is 4.60. The van der Waals surface area contributed by atoms with Crippen molar-refractivity contribution in [2.24, 2.45) is 5.92 Å². The van der Waals surface area contributed by atoms with Crippen LogP contribution in [0, 0.1) is 5.92 Å². The lowest BCUT2D eigenvalue weighted by molar-refractivity contribution is 0.150. The molecule has 0 saturated carbocycles. The zero-order valence-corrected chi connectivity index (χ0v) is 7.94. The highest BCUT2D eigenvalue weighted by Gasteiger charge is 2.24. The molecule has 0 amide bonds. The molecule has 1 heterocycles. The summed E-state index contributed by atoms with van der Waals surface area (Å²) in [5.41, 5.74) is 0.00635. The average Bonchev–Trinajstić information content (AvgIpc) is 2.37. The van der Waals surface area contributed by atoms with E-state index in [-0.39, 0.29) is 5.56 Å². The topological polar surface area (TPSA) is 9.23 Å². The summed E-state index contributed by atoms with van der Waals surface area (Å²) in [6, 6.07) is 0. The Balaban J connectivity index is 2.05. The molecular weight excluding hydrogens is 160 g/mol. The molecule has 1 fully saturated rings. The third kappa shape index (κ3) is 3.00. The highest BCUT2D eigenvalue weighted by molar-refractivity contribution is 6.20. The van der Waals surface area contributed by atoms with Crippen LogP contribution in [0.2, 0.25) is 0 Å². The Morgan fingerprint density at radius 1 is 1.45 bits per heavy atom. The maximum Gasteiger partial charge on any atom is 0.134 e. The molecule has 0 aliphatic carbocycles. The molecular formula is C9H17ClO. The zero-order chi connectivity index (χ0) is 8.10. The lowest BCUT2D eigenvalue weighted by Crippen LogP contribution is -2.07. The first-order valence-corrected chi connectivity index (χ1v) is 5.04. The Kier molecular flexibility index (Phi) is 4.24. The van der Waals surface area contributed by atoms with Gasteiger partial charge in [-0.15, -0.1) is 0 Å². The van der Waals surface area contributed by atoms with Gasteiger partial charge in [-0.1, -0.05) is 37.8 Å². The molecule has 2 unspecified atom stereocenters. The lowest BCUT2D eigenvalue weighted by Gasteiger charge is -2.10. The number of ether oxygens (including phenoxy) is 1. The minimum absolute atomic E-state index is 0.00635. The molecule has 2 heteroatoms. The molecule has 1 rings (SSSR count). The fourth-order valence-corrected chi connectivity index (χ4v) is 1.87. The molecule has 0 aromatic carbocycles. The van der Waals surface area contributed by atoms with E-state index in [1.165, 1.54) is 25.7 Å². The highest BCUT2D eigenvalue weighted by Crippen LogP contribution is 2.28. The van der Waals surface area contributed by atoms with E-state index in [0.29, 0.717) is 5.92 Å².